The monoisotopic (exact) mass is 350 g/mol. The molecule has 0 unspecified atom stereocenters. The Morgan fingerprint density at radius 2 is 1.84 bits per heavy atom. The number of H-pyrrole nitrogens is 1. The first kappa shape index (κ1) is 17.2. The summed E-state index contributed by atoms with van der Waals surface area (Å²) in [6.45, 7) is 4.04. The number of aromatic amines is 1. The summed E-state index contributed by atoms with van der Waals surface area (Å²) in [5.41, 5.74) is 1.76. The number of hydrogen-bond acceptors (Lipinski definition) is 3. The molecular weight excluding hydrogens is 333 g/mol. The van der Waals surface area contributed by atoms with Gasteiger partial charge in [0.25, 0.3) is 5.56 Å². The van der Waals surface area contributed by atoms with E-state index >= 15 is 0 Å². The van der Waals surface area contributed by atoms with E-state index in [2.05, 4.69) is 15.1 Å². The van der Waals surface area contributed by atoms with Gasteiger partial charge in [-0.05, 0) is 19.4 Å². The van der Waals surface area contributed by atoms with Crippen molar-refractivity contribution in [1.29, 1.82) is 0 Å². The van der Waals surface area contributed by atoms with Gasteiger partial charge < -0.3 is 4.98 Å². The number of nitrogens with one attached hydrogen (secondary N) is 1. The molecule has 1 aromatic carbocycles. The zero-order chi connectivity index (χ0) is 18.4. The number of aromatic nitrogens is 4. The van der Waals surface area contributed by atoms with Crippen LogP contribution in [0.25, 0.3) is 11.0 Å². The Morgan fingerprint density at radius 3 is 2.44 bits per heavy atom. The number of aryl methyl sites for hydroxylation is 2. The second-order valence-electron chi connectivity index (χ2n) is 6.14. The summed E-state index contributed by atoms with van der Waals surface area (Å²) in [5, 5.41) is 4.09. The minimum Gasteiger partial charge on any atom is -0.309 e. The summed E-state index contributed by atoms with van der Waals surface area (Å²) in [6, 6.07) is 7.64. The number of fused-ring (bicyclic) bond motifs is 1. The third kappa shape index (κ3) is 3.42. The highest BCUT2D eigenvalue weighted by Crippen LogP contribution is 2.29. The fourth-order valence-corrected chi connectivity index (χ4v) is 2.81. The van der Waals surface area contributed by atoms with Crippen LogP contribution in [0.3, 0.4) is 0 Å². The van der Waals surface area contributed by atoms with E-state index in [4.69, 9.17) is 0 Å². The summed E-state index contributed by atoms with van der Waals surface area (Å²) in [4.78, 5) is 18.9. The molecule has 0 fully saturated rings. The van der Waals surface area contributed by atoms with Crippen molar-refractivity contribution in [2.24, 2.45) is 0 Å². The maximum atomic E-state index is 12.9. The number of alkyl halides is 3. The van der Waals surface area contributed by atoms with Crippen LogP contribution in [0.2, 0.25) is 0 Å². The molecule has 1 N–H and O–H groups in total. The number of benzene rings is 1. The first-order valence-corrected chi connectivity index (χ1v) is 7.76. The zero-order valence-electron chi connectivity index (χ0n) is 14.0. The van der Waals surface area contributed by atoms with Gasteiger partial charge in [-0.15, -0.1) is 0 Å². The van der Waals surface area contributed by atoms with Crippen LogP contribution in [0.1, 0.15) is 35.5 Å². The number of nitrogens with zero attached hydrogens (tertiary/aromatic N) is 3. The summed E-state index contributed by atoms with van der Waals surface area (Å²) in [7, 11) is 0. The fraction of sp³-hybridized carbons (Fsp3) is 0.353. The van der Waals surface area contributed by atoms with Crippen molar-refractivity contribution in [1.82, 2.24) is 19.7 Å². The Bertz CT molecular complexity index is 970. The van der Waals surface area contributed by atoms with Gasteiger partial charge >= 0.3 is 6.18 Å². The molecule has 3 aromatic rings. The van der Waals surface area contributed by atoms with Gasteiger partial charge in [0.1, 0.15) is 17.9 Å². The van der Waals surface area contributed by atoms with Gasteiger partial charge in [0.2, 0.25) is 0 Å². The lowest BCUT2D eigenvalue weighted by Crippen LogP contribution is -2.22. The van der Waals surface area contributed by atoms with E-state index in [1.54, 1.807) is 6.92 Å². The average Bonchev–Trinajstić information content (AvgIpc) is 2.83. The molecule has 2 heterocycles. The highest BCUT2D eigenvalue weighted by atomic mass is 19.4. The van der Waals surface area contributed by atoms with Crippen molar-refractivity contribution < 1.29 is 13.2 Å². The lowest BCUT2D eigenvalue weighted by Gasteiger charge is -2.10. The van der Waals surface area contributed by atoms with Crippen molar-refractivity contribution in [2.75, 3.05) is 0 Å². The minimum atomic E-state index is -4.49. The van der Waals surface area contributed by atoms with Crippen molar-refractivity contribution >= 4 is 11.0 Å². The SMILES string of the molecule is Cc1ccc([C@@H](C)c2nn(CC(F)(F)F)c3c(=O)[nH]c(C)nc23)cc1. The molecule has 0 spiro atoms. The maximum absolute atomic E-state index is 12.9. The first-order chi connectivity index (χ1) is 11.7. The van der Waals surface area contributed by atoms with E-state index in [-0.39, 0.29) is 17.0 Å². The molecule has 0 saturated carbocycles. The van der Waals surface area contributed by atoms with Crippen LogP contribution in [0, 0.1) is 13.8 Å². The second kappa shape index (κ2) is 6.02. The van der Waals surface area contributed by atoms with Gasteiger partial charge in [-0.2, -0.15) is 18.3 Å². The van der Waals surface area contributed by atoms with Gasteiger partial charge in [0, 0.05) is 5.92 Å². The van der Waals surface area contributed by atoms with E-state index in [0.717, 1.165) is 11.1 Å². The van der Waals surface area contributed by atoms with Gasteiger partial charge in [0.05, 0.1) is 5.69 Å². The largest absolute Gasteiger partial charge is 0.408 e. The predicted octanol–water partition coefficient (Wildman–Crippen LogP) is 3.45. The van der Waals surface area contributed by atoms with Gasteiger partial charge in [-0.3, -0.25) is 4.79 Å². The molecule has 0 aliphatic heterocycles. The van der Waals surface area contributed by atoms with E-state index in [1.807, 2.05) is 38.1 Å². The van der Waals surface area contributed by atoms with Gasteiger partial charge in [0.15, 0.2) is 5.52 Å². The number of hydrogen-bond donors (Lipinski definition) is 1. The highest BCUT2D eigenvalue weighted by Gasteiger charge is 2.31. The zero-order valence-corrected chi connectivity index (χ0v) is 14.0. The fourth-order valence-electron chi connectivity index (χ4n) is 2.81. The molecule has 25 heavy (non-hydrogen) atoms. The lowest BCUT2D eigenvalue weighted by atomic mass is 9.96. The van der Waals surface area contributed by atoms with Crippen LogP contribution < -0.4 is 5.56 Å². The summed E-state index contributed by atoms with van der Waals surface area (Å²) in [5.74, 6) is 0.0349. The highest BCUT2D eigenvalue weighted by molar-refractivity contribution is 5.77. The Morgan fingerprint density at radius 1 is 1.20 bits per heavy atom. The number of rotatable bonds is 3. The van der Waals surface area contributed by atoms with E-state index in [1.165, 1.54) is 0 Å². The molecule has 5 nitrogen and oxygen atoms in total. The normalized spacial score (nSPS) is 13.4. The third-order valence-corrected chi connectivity index (χ3v) is 4.06. The van der Waals surface area contributed by atoms with Crippen molar-refractivity contribution in [3.8, 4) is 0 Å². The van der Waals surface area contributed by atoms with E-state index in [0.29, 0.717) is 16.2 Å². The molecule has 0 amide bonds. The van der Waals surface area contributed by atoms with Crippen LogP contribution >= 0.6 is 0 Å². The second-order valence-corrected chi connectivity index (χ2v) is 6.14. The Hall–Kier alpha value is -2.64. The van der Waals surface area contributed by atoms with Crippen LogP contribution in [-0.2, 0) is 6.54 Å². The molecule has 0 aliphatic carbocycles. The molecule has 3 rings (SSSR count). The van der Waals surface area contributed by atoms with Gasteiger partial charge in [-0.1, -0.05) is 36.8 Å². The molecule has 1 atom stereocenters. The predicted molar refractivity (Wildman–Crippen MR) is 87.6 cm³/mol. The average molecular weight is 350 g/mol. The smallest absolute Gasteiger partial charge is 0.309 e. The maximum Gasteiger partial charge on any atom is 0.408 e. The summed E-state index contributed by atoms with van der Waals surface area (Å²) >= 11 is 0. The topological polar surface area (TPSA) is 63.6 Å². The van der Waals surface area contributed by atoms with Crippen molar-refractivity contribution in [2.45, 2.75) is 39.4 Å². The van der Waals surface area contributed by atoms with E-state index < -0.39 is 18.3 Å². The Kier molecular flexibility index (Phi) is 4.14. The first-order valence-electron chi connectivity index (χ1n) is 7.76. The van der Waals surface area contributed by atoms with Crippen molar-refractivity contribution in [3.05, 3.63) is 57.3 Å². The molecule has 0 saturated heterocycles. The summed E-state index contributed by atoms with van der Waals surface area (Å²) in [6.07, 6.45) is -4.49. The van der Waals surface area contributed by atoms with Crippen LogP contribution in [0.4, 0.5) is 13.2 Å². The molecule has 8 heteroatoms. The molecule has 132 valence electrons. The van der Waals surface area contributed by atoms with E-state index in [9.17, 15) is 18.0 Å². The molecule has 0 aliphatic rings. The Labute approximate surface area is 141 Å². The third-order valence-electron chi connectivity index (χ3n) is 4.06. The van der Waals surface area contributed by atoms with Gasteiger partial charge in [-0.25, -0.2) is 9.67 Å². The molecule has 2 aromatic heterocycles. The quantitative estimate of drug-likeness (QED) is 0.787. The van der Waals surface area contributed by atoms with Crippen LogP contribution in [0.15, 0.2) is 29.1 Å². The molecular formula is C17H17F3N4O. The van der Waals surface area contributed by atoms with Crippen LogP contribution in [-0.4, -0.2) is 25.9 Å². The van der Waals surface area contributed by atoms with Crippen molar-refractivity contribution in [3.63, 3.8) is 0 Å². The standard InChI is InChI=1S/C17H17F3N4O/c1-9-4-6-12(7-5-9)10(2)13-14-15(16(25)22-11(3)21-14)24(23-13)8-17(18,19)20/h4-7,10H,8H2,1-3H3,(H,21,22,25)/t10-/m1/s1. The lowest BCUT2D eigenvalue weighted by molar-refractivity contribution is -0.141. The molecule has 0 radical (unpaired) electrons. The number of halogens is 3. The summed E-state index contributed by atoms with van der Waals surface area (Å²) < 4.78 is 39.3. The molecule has 0 bridgehead atoms. The Balaban J connectivity index is 2.20. The minimum absolute atomic E-state index is 0.156. The van der Waals surface area contributed by atoms with Crippen LogP contribution in [0.5, 0.6) is 0 Å².